The number of rotatable bonds is 65. The predicted molar refractivity (Wildman–Crippen MR) is 325 cm³/mol. The highest BCUT2D eigenvalue weighted by molar-refractivity contribution is 5.69. The Bertz CT molecular complexity index is 1120. The van der Waals surface area contributed by atoms with E-state index < -0.39 is 0 Å². The van der Waals surface area contributed by atoms with Crippen LogP contribution in [-0.2, 0) is 28.6 Å². The van der Waals surface area contributed by atoms with Crippen LogP contribution in [-0.4, -0.2) is 98.5 Å². The number of carbonyl (C=O) groups excluding carboxylic acids is 3. The van der Waals surface area contributed by atoms with Gasteiger partial charge in [-0.05, 0) is 116 Å². The maximum atomic E-state index is 12.5. The SMILES string of the molecule is CCCCCCCCCCCCCCOC(=O)CCCCCN(CCCCO)CCCN(CCCCCC(=O)OCCCCCCCCCCCCCC)CCCCCC(=O)OCCCCCCCCCCCCCC. The van der Waals surface area contributed by atoms with Crippen molar-refractivity contribution in [3.63, 3.8) is 0 Å². The van der Waals surface area contributed by atoms with Crippen LogP contribution in [0.25, 0.3) is 0 Å². The highest BCUT2D eigenvalue weighted by Crippen LogP contribution is 2.16. The smallest absolute Gasteiger partial charge is 0.305 e. The Labute approximate surface area is 473 Å². The van der Waals surface area contributed by atoms with E-state index in [-0.39, 0.29) is 24.5 Å². The number of ether oxygens (including phenoxy) is 3. The molecule has 0 spiro atoms. The third-order valence-corrected chi connectivity index (χ3v) is 15.7. The van der Waals surface area contributed by atoms with Crippen LogP contribution in [0.5, 0.6) is 0 Å². The summed E-state index contributed by atoms with van der Waals surface area (Å²) >= 11 is 0. The number of hydrogen-bond donors (Lipinski definition) is 1. The number of unbranched alkanes of at least 4 members (excludes halogenated alkanes) is 40. The van der Waals surface area contributed by atoms with Crippen LogP contribution >= 0.6 is 0 Å². The number of nitrogens with zero attached hydrogens (tertiary/aromatic N) is 2. The van der Waals surface area contributed by atoms with Crippen LogP contribution in [0.15, 0.2) is 0 Å². The molecule has 76 heavy (non-hydrogen) atoms. The van der Waals surface area contributed by atoms with Crippen molar-refractivity contribution in [1.82, 2.24) is 9.80 Å². The molecule has 0 rings (SSSR count). The van der Waals surface area contributed by atoms with E-state index in [0.29, 0.717) is 39.1 Å². The van der Waals surface area contributed by atoms with E-state index in [9.17, 15) is 19.5 Å². The lowest BCUT2D eigenvalue weighted by molar-refractivity contribution is -0.144. The normalized spacial score (nSPS) is 11.6. The summed E-state index contributed by atoms with van der Waals surface area (Å²) in [6, 6.07) is 0. The highest BCUT2D eigenvalue weighted by Gasteiger charge is 2.12. The summed E-state index contributed by atoms with van der Waals surface area (Å²) in [6.45, 7) is 14.9. The van der Waals surface area contributed by atoms with Crippen molar-refractivity contribution in [3.8, 4) is 0 Å². The molecule has 0 aromatic carbocycles. The van der Waals surface area contributed by atoms with Crippen LogP contribution in [0.4, 0.5) is 0 Å². The molecule has 0 heterocycles. The van der Waals surface area contributed by atoms with Crippen LogP contribution in [0.2, 0.25) is 0 Å². The van der Waals surface area contributed by atoms with Crippen LogP contribution in [0.1, 0.15) is 348 Å². The van der Waals surface area contributed by atoms with Gasteiger partial charge >= 0.3 is 17.9 Å². The summed E-state index contributed by atoms with van der Waals surface area (Å²) in [5, 5.41) is 9.51. The van der Waals surface area contributed by atoms with Crippen molar-refractivity contribution in [2.24, 2.45) is 0 Å². The molecule has 452 valence electrons. The lowest BCUT2D eigenvalue weighted by atomic mass is 10.1. The van der Waals surface area contributed by atoms with Gasteiger partial charge in [0.25, 0.3) is 0 Å². The molecule has 0 atom stereocenters. The first-order valence-electron chi connectivity index (χ1n) is 34.0. The van der Waals surface area contributed by atoms with E-state index in [0.717, 1.165) is 155 Å². The van der Waals surface area contributed by atoms with Crippen molar-refractivity contribution < 1.29 is 33.7 Å². The first-order chi connectivity index (χ1) is 37.5. The third-order valence-electron chi connectivity index (χ3n) is 15.7. The maximum Gasteiger partial charge on any atom is 0.305 e. The Morgan fingerprint density at radius 1 is 0.250 bits per heavy atom. The topological polar surface area (TPSA) is 106 Å². The van der Waals surface area contributed by atoms with E-state index in [1.54, 1.807) is 0 Å². The monoisotopic (exact) mass is 1080 g/mol. The van der Waals surface area contributed by atoms with Gasteiger partial charge in [0, 0.05) is 25.9 Å². The minimum Gasteiger partial charge on any atom is -0.466 e. The molecule has 9 nitrogen and oxygen atoms in total. The van der Waals surface area contributed by atoms with E-state index in [1.807, 2.05) is 0 Å². The summed E-state index contributed by atoms with van der Waals surface area (Å²) < 4.78 is 16.8. The summed E-state index contributed by atoms with van der Waals surface area (Å²) in [6.07, 6.45) is 60.3. The molecule has 1 N–H and O–H groups in total. The Kier molecular flexibility index (Phi) is 62.7. The second kappa shape index (κ2) is 64.1. The van der Waals surface area contributed by atoms with Crippen molar-refractivity contribution >= 4 is 17.9 Å². The fourth-order valence-electron chi connectivity index (χ4n) is 10.6. The van der Waals surface area contributed by atoms with E-state index in [1.165, 1.54) is 193 Å². The molecule has 0 bridgehead atoms. The summed E-state index contributed by atoms with van der Waals surface area (Å²) in [7, 11) is 0. The lowest BCUT2D eigenvalue weighted by Crippen LogP contribution is -2.32. The molecule has 0 aromatic heterocycles. The number of aliphatic hydroxyl groups excluding tert-OH is 1. The first kappa shape index (κ1) is 74.3. The molecule has 0 radical (unpaired) electrons. The minimum atomic E-state index is -0.0436. The summed E-state index contributed by atoms with van der Waals surface area (Å²) in [5.41, 5.74) is 0. The summed E-state index contributed by atoms with van der Waals surface area (Å²) in [4.78, 5) is 42.6. The molecule has 0 aliphatic carbocycles. The van der Waals surface area contributed by atoms with Gasteiger partial charge in [0.15, 0.2) is 0 Å². The predicted octanol–water partition coefficient (Wildman–Crippen LogP) is 19.2. The minimum absolute atomic E-state index is 0.0428. The average molecular weight is 1080 g/mol. The fraction of sp³-hybridized carbons (Fsp3) is 0.955. The van der Waals surface area contributed by atoms with Gasteiger partial charge in [-0.15, -0.1) is 0 Å². The number of aliphatic hydroxyl groups is 1. The van der Waals surface area contributed by atoms with Gasteiger partial charge < -0.3 is 29.1 Å². The molecule has 0 aliphatic heterocycles. The van der Waals surface area contributed by atoms with Gasteiger partial charge in [0.1, 0.15) is 0 Å². The Balaban J connectivity index is 4.61. The average Bonchev–Trinajstić information content (AvgIpc) is 3.41. The van der Waals surface area contributed by atoms with Crippen LogP contribution in [0.3, 0.4) is 0 Å². The maximum absolute atomic E-state index is 12.5. The Morgan fingerprint density at radius 3 is 0.684 bits per heavy atom. The molecule has 9 heteroatoms. The van der Waals surface area contributed by atoms with Crippen LogP contribution in [0, 0.1) is 0 Å². The van der Waals surface area contributed by atoms with Crippen molar-refractivity contribution in [1.29, 1.82) is 0 Å². The Hall–Kier alpha value is -1.71. The molecule has 0 amide bonds. The van der Waals surface area contributed by atoms with Crippen molar-refractivity contribution in [2.45, 2.75) is 348 Å². The van der Waals surface area contributed by atoms with Gasteiger partial charge in [-0.3, -0.25) is 14.4 Å². The molecule has 0 aromatic rings. The second-order valence-corrected chi connectivity index (χ2v) is 23.2. The molecule has 0 aliphatic rings. The van der Waals surface area contributed by atoms with Gasteiger partial charge in [0.2, 0.25) is 0 Å². The third kappa shape index (κ3) is 59.9. The molecule has 0 fully saturated rings. The van der Waals surface area contributed by atoms with Gasteiger partial charge in [-0.2, -0.15) is 0 Å². The van der Waals surface area contributed by atoms with Gasteiger partial charge in [0.05, 0.1) is 19.8 Å². The van der Waals surface area contributed by atoms with Crippen LogP contribution < -0.4 is 0 Å². The van der Waals surface area contributed by atoms with E-state index in [4.69, 9.17) is 14.2 Å². The zero-order valence-corrected chi connectivity index (χ0v) is 51.4. The summed E-state index contributed by atoms with van der Waals surface area (Å²) in [5.74, 6) is -0.129. The number of hydrogen-bond acceptors (Lipinski definition) is 9. The second-order valence-electron chi connectivity index (χ2n) is 23.2. The van der Waals surface area contributed by atoms with E-state index >= 15 is 0 Å². The molecular formula is C67H132N2O7. The van der Waals surface area contributed by atoms with Gasteiger partial charge in [-0.1, -0.05) is 252 Å². The zero-order chi connectivity index (χ0) is 55.1. The quantitative estimate of drug-likeness (QED) is 0.0362. The largest absolute Gasteiger partial charge is 0.466 e. The standard InChI is InChI=1S/C67H132N2O7/c1-4-7-10-13-16-19-22-25-28-31-34-48-62-74-65(71)52-40-37-43-55-68(56-44-38-41-53-66(72)75-63-49-35-32-29-26-23-20-17-14-11-8-5-2)59-51-60-69(58-46-47-61-70)57-45-39-42-54-67(73)76-64-50-36-33-30-27-24-21-18-15-12-9-6-3/h70H,4-64H2,1-3H3. The van der Waals surface area contributed by atoms with Crippen molar-refractivity contribution in [3.05, 3.63) is 0 Å². The molecule has 0 unspecified atom stereocenters. The highest BCUT2D eigenvalue weighted by atomic mass is 16.5. The molecule has 0 saturated carbocycles. The molecular weight excluding hydrogens is 945 g/mol. The van der Waals surface area contributed by atoms with E-state index in [2.05, 4.69) is 30.6 Å². The van der Waals surface area contributed by atoms with Crippen molar-refractivity contribution in [2.75, 3.05) is 65.7 Å². The Morgan fingerprint density at radius 2 is 0.447 bits per heavy atom. The zero-order valence-electron chi connectivity index (χ0n) is 51.4. The first-order valence-corrected chi connectivity index (χ1v) is 34.0. The lowest BCUT2D eigenvalue weighted by Gasteiger charge is -2.26. The number of carbonyl (C=O) groups is 3. The molecule has 0 saturated heterocycles. The fourth-order valence-corrected chi connectivity index (χ4v) is 10.6. The number of esters is 3. The van der Waals surface area contributed by atoms with Gasteiger partial charge in [-0.25, -0.2) is 0 Å².